The minimum absolute atomic E-state index is 0.0410. The van der Waals surface area contributed by atoms with Gasteiger partial charge >= 0.3 is 0 Å². The summed E-state index contributed by atoms with van der Waals surface area (Å²) in [6, 6.07) is 3.52. The van der Waals surface area contributed by atoms with E-state index in [-0.39, 0.29) is 6.23 Å². The van der Waals surface area contributed by atoms with Crippen LogP contribution in [0.5, 0.6) is 0 Å². The molecule has 0 aliphatic carbocycles. The lowest BCUT2D eigenvalue weighted by Crippen LogP contribution is -2.39. The van der Waals surface area contributed by atoms with E-state index >= 15 is 0 Å². The molecular weight excluding hydrogens is 192 g/mol. The predicted octanol–water partition coefficient (Wildman–Crippen LogP) is 0.771. The fraction of sp³-hybridized carbons (Fsp3) is 0.455. The Morgan fingerprint density at radius 2 is 2.40 bits per heavy atom. The fourth-order valence-electron chi connectivity index (χ4n) is 1.82. The van der Waals surface area contributed by atoms with Gasteiger partial charge in [-0.2, -0.15) is 4.57 Å². The lowest BCUT2D eigenvalue weighted by atomic mass is 10.2. The second-order valence-electron chi connectivity index (χ2n) is 3.88. The Balaban J connectivity index is 2.21. The summed E-state index contributed by atoms with van der Waals surface area (Å²) in [5, 5.41) is 0. The first kappa shape index (κ1) is 10.1. The van der Waals surface area contributed by atoms with E-state index in [0.717, 1.165) is 12.8 Å². The number of pyridine rings is 1. The van der Waals surface area contributed by atoms with E-state index < -0.39 is 5.91 Å². The summed E-state index contributed by atoms with van der Waals surface area (Å²) in [5.74, 6) is -0.407. The first-order chi connectivity index (χ1) is 7.16. The lowest BCUT2D eigenvalue weighted by molar-refractivity contribution is -0.759. The Kier molecular flexibility index (Phi) is 2.68. The van der Waals surface area contributed by atoms with E-state index in [1.807, 2.05) is 16.8 Å². The number of primary amides is 1. The second kappa shape index (κ2) is 3.98. The molecule has 4 heteroatoms. The van der Waals surface area contributed by atoms with Gasteiger partial charge < -0.3 is 10.5 Å². The second-order valence-corrected chi connectivity index (χ2v) is 3.88. The van der Waals surface area contributed by atoms with Crippen LogP contribution in [-0.2, 0) is 4.74 Å². The molecular formula is C11H15N2O2+. The number of amides is 1. The number of aromatic nitrogens is 1. The number of nitrogens with zero attached hydrogens (tertiary/aromatic N) is 1. The van der Waals surface area contributed by atoms with Crippen LogP contribution < -0.4 is 10.3 Å². The van der Waals surface area contributed by atoms with Gasteiger partial charge in [0.2, 0.25) is 0 Å². The summed E-state index contributed by atoms with van der Waals surface area (Å²) in [5.41, 5.74) is 5.73. The van der Waals surface area contributed by atoms with Gasteiger partial charge in [0, 0.05) is 12.5 Å². The van der Waals surface area contributed by atoms with Crippen LogP contribution in [0.3, 0.4) is 0 Å². The third-order valence-corrected chi connectivity index (χ3v) is 2.65. The van der Waals surface area contributed by atoms with Gasteiger partial charge in [-0.1, -0.05) is 0 Å². The number of carbonyl (C=O) groups excluding carboxylic acids is 1. The van der Waals surface area contributed by atoms with Crippen LogP contribution in [0, 0.1) is 0 Å². The zero-order valence-corrected chi connectivity index (χ0v) is 8.72. The summed E-state index contributed by atoms with van der Waals surface area (Å²) < 4.78 is 7.60. The topological polar surface area (TPSA) is 56.2 Å². The van der Waals surface area contributed by atoms with Gasteiger partial charge in [0.05, 0.1) is 6.10 Å². The fourth-order valence-corrected chi connectivity index (χ4v) is 1.82. The molecule has 1 aromatic rings. The maximum Gasteiger partial charge on any atom is 0.262 e. The van der Waals surface area contributed by atoms with E-state index in [1.165, 1.54) is 0 Å². The highest BCUT2D eigenvalue weighted by molar-refractivity contribution is 5.92. The molecule has 80 valence electrons. The molecule has 0 radical (unpaired) electrons. The average Bonchev–Trinajstić information content (AvgIpc) is 2.65. The molecule has 0 spiro atoms. The summed E-state index contributed by atoms with van der Waals surface area (Å²) in [6.45, 7) is 2.05. The number of hydrogen-bond donors (Lipinski definition) is 1. The molecule has 2 heterocycles. The van der Waals surface area contributed by atoms with Crippen LogP contribution >= 0.6 is 0 Å². The molecule has 1 aliphatic rings. The van der Waals surface area contributed by atoms with Gasteiger partial charge in [0.15, 0.2) is 12.4 Å². The monoisotopic (exact) mass is 207 g/mol. The number of nitrogens with two attached hydrogens (primary N) is 1. The van der Waals surface area contributed by atoms with E-state index in [1.54, 1.807) is 12.3 Å². The molecule has 4 nitrogen and oxygen atoms in total. The quantitative estimate of drug-likeness (QED) is 0.728. The zero-order chi connectivity index (χ0) is 10.8. The van der Waals surface area contributed by atoms with Crippen molar-refractivity contribution < 1.29 is 14.1 Å². The highest BCUT2D eigenvalue weighted by Crippen LogP contribution is 2.22. The van der Waals surface area contributed by atoms with E-state index in [2.05, 4.69) is 6.92 Å². The third kappa shape index (κ3) is 2.15. The van der Waals surface area contributed by atoms with E-state index in [0.29, 0.717) is 11.7 Å². The van der Waals surface area contributed by atoms with Gasteiger partial charge in [0.1, 0.15) is 5.56 Å². The molecule has 0 saturated carbocycles. The van der Waals surface area contributed by atoms with Crippen molar-refractivity contribution in [1.29, 1.82) is 0 Å². The Bertz CT molecular complexity index is 379. The molecule has 0 bridgehead atoms. The smallest absolute Gasteiger partial charge is 0.262 e. The minimum Gasteiger partial charge on any atom is -0.365 e. The largest absolute Gasteiger partial charge is 0.365 e. The molecule has 1 fully saturated rings. The van der Waals surface area contributed by atoms with Crippen LogP contribution in [0.25, 0.3) is 0 Å². The molecule has 2 atom stereocenters. The van der Waals surface area contributed by atoms with Gasteiger partial charge in [-0.05, 0) is 19.4 Å². The summed E-state index contributed by atoms with van der Waals surface area (Å²) in [7, 11) is 0. The highest BCUT2D eigenvalue weighted by atomic mass is 16.5. The van der Waals surface area contributed by atoms with Crippen molar-refractivity contribution >= 4 is 5.91 Å². The zero-order valence-electron chi connectivity index (χ0n) is 8.72. The molecule has 1 aromatic heterocycles. The maximum absolute atomic E-state index is 11.0. The van der Waals surface area contributed by atoms with E-state index in [9.17, 15) is 4.79 Å². The van der Waals surface area contributed by atoms with Crippen LogP contribution in [0.4, 0.5) is 0 Å². The predicted molar refractivity (Wildman–Crippen MR) is 54.0 cm³/mol. The van der Waals surface area contributed by atoms with Crippen molar-refractivity contribution in [2.75, 3.05) is 0 Å². The Morgan fingerprint density at radius 3 is 3.00 bits per heavy atom. The minimum atomic E-state index is -0.407. The molecule has 0 aromatic carbocycles. The van der Waals surface area contributed by atoms with Crippen LogP contribution in [0.15, 0.2) is 24.5 Å². The molecule has 0 unspecified atom stereocenters. The Labute approximate surface area is 88.7 Å². The summed E-state index contributed by atoms with van der Waals surface area (Å²) >= 11 is 0. The standard InChI is InChI=1S/C11H14N2O2/c1-8-4-5-10(15-8)13-6-2-3-9(7-13)11(12)14/h2-3,6-8,10H,4-5H2,1H3,(H-,12,14)/p+1/t8-,10-/m1/s1. The average molecular weight is 207 g/mol. The van der Waals surface area contributed by atoms with Gasteiger partial charge in [-0.3, -0.25) is 4.79 Å². The normalized spacial score (nSPS) is 25.4. The van der Waals surface area contributed by atoms with Gasteiger partial charge in [0.25, 0.3) is 12.1 Å². The molecule has 1 amide bonds. The summed E-state index contributed by atoms with van der Waals surface area (Å²) in [6.07, 6.45) is 6.01. The molecule has 15 heavy (non-hydrogen) atoms. The van der Waals surface area contributed by atoms with Crippen LogP contribution in [-0.4, -0.2) is 12.0 Å². The molecule has 2 rings (SSSR count). The van der Waals surface area contributed by atoms with Crippen molar-refractivity contribution in [3.8, 4) is 0 Å². The van der Waals surface area contributed by atoms with Crippen LogP contribution in [0.1, 0.15) is 36.4 Å². The maximum atomic E-state index is 11.0. The number of hydrogen-bond acceptors (Lipinski definition) is 2. The Morgan fingerprint density at radius 1 is 1.60 bits per heavy atom. The third-order valence-electron chi connectivity index (χ3n) is 2.65. The van der Waals surface area contributed by atoms with E-state index in [4.69, 9.17) is 10.5 Å². The van der Waals surface area contributed by atoms with Gasteiger partial charge in [-0.25, -0.2) is 0 Å². The number of carbonyl (C=O) groups is 1. The van der Waals surface area contributed by atoms with Crippen molar-refractivity contribution in [3.05, 3.63) is 30.1 Å². The summed E-state index contributed by atoms with van der Waals surface area (Å²) in [4.78, 5) is 11.0. The SMILES string of the molecule is C[C@@H]1CC[C@H]([n+]2cccc(C(N)=O)c2)O1. The van der Waals surface area contributed by atoms with Crippen molar-refractivity contribution in [1.82, 2.24) is 0 Å². The molecule has 2 N–H and O–H groups in total. The molecule has 1 saturated heterocycles. The van der Waals surface area contributed by atoms with Crippen LogP contribution in [0.2, 0.25) is 0 Å². The van der Waals surface area contributed by atoms with Crippen molar-refractivity contribution in [2.24, 2.45) is 5.73 Å². The number of rotatable bonds is 2. The lowest BCUT2D eigenvalue weighted by Gasteiger charge is -2.06. The van der Waals surface area contributed by atoms with Crippen molar-refractivity contribution in [2.45, 2.75) is 32.1 Å². The molecule has 1 aliphatic heterocycles. The van der Waals surface area contributed by atoms with Crippen molar-refractivity contribution in [3.63, 3.8) is 0 Å². The Hall–Kier alpha value is -1.42. The van der Waals surface area contributed by atoms with Gasteiger partial charge in [-0.15, -0.1) is 0 Å². The highest BCUT2D eigenvalue weighted by Gasteiger charge is 2.29. The first-order valence-electron chi connectivity index (χ1n) is 5.13. The first-order valence-corrected chi connectivity index (χ1v) is 5.13. The number of ether oxygens (including phenoxy) is 1.